The molecular formula is C20H19F2N5O. The molecule has 8 heteroatoms. The zero-order valence-electron chi connectivity index (χ0n) is 15.3. The third kappa shape index (κ3) is 3.76. The predicted molar refractivity (Wildman–Crippen MR) is 98.3 cm³/mol. The Hall–Kier alpha value is -3.16. The lowest BCUT2D eigenvalue weighted by Crippen LogP contribution is -2.29. The van der Waals surface area contributed by atoms with Gasteiger partial charge in [0.15, 0.2) is 5.82 Å². The molecule has 1 atom stereocenters. The number of aromatic nitrogens is 4. The van der Waals surface area contributed by atoms with Crippen LogP contribution in [-0.2, 0) is 13.5 Å². The summed E-state index contributed by atoms with van der Waals surface area (Å²) in [5, 5.41) is 0. The monoisotopic (exact) mass is 383 g/mol. The van der Waals surface area contributed by atoms with E-state index in [1.165, 1.54) is 6.33 Å². The highest BCUT2D eigenvalue weighted by atomic mass is 19.1. The number of imidazole rings is 1. The van der Waals surface area contributed by atoms with Gasteiger partial charge in [-0.2, -0.15) is 0 Å². The van der Waals surface area contributed by atoms with Gasteiger partial charge in [0.2, 0.25) is 0 Å². The van der Waals surface area contributed by atoms with Crippen LogP contribution < -0.4 is 0 Å². The zero-order chi connectivity index (χ0) is 19.7. The molecule has 1 aliphatic heterocycles. The van der Waals surface area contributed by atoms with E-state index in [1.807, 2.05) is 23.9 Å². The van der Waals surface area contributed by atoms with Crippen LogP contribution in [-0.4, -0.2) is 43.4 Å². The van der Waals surface area contributed by atoms with Crippen LogP contribution in [0.5, 0.6) is 0 Å². The minimum Gasteiger partial charge on any atom is -0.338 e. The fraction of sp³-hybridized carbons (Fsp3) is 0.300. The predicted octanol–water partition coefficient (Wildman–Crippen LogP) is 2.86. The van der Waals surface area contributed by atoms with E-state index in [-0.39, 0.29) is 17.4 Å². The summed E-state index contributed by atoms with van der Waals surface area (Å²) in [7, 11) is 1.90. The maximum Gasteiger partial charge on any atom is 0.254 e. The van der Waals surface area contributed by atoms with Crippen molar-refractivity contribution in [2.75, 3.05) is 13.1 Å². The molecule has 1 saturated heterocycles. The third-order valence-electron chi connectivity index (χ3n) is 4.95. The van der Waals surface area contributed by atoms with Crippen LogP contribution in [0.2, 0.25) is 0 Å². The molecule has 2 aromatic heterocycles. The van der Waals surface area contributed by atoms with Crippen molar-refractivity contribution in [1.29, 1.82) is 0 Å². The maximum atomic E-state index is 13.4. The summed E-state index contributed by atoms with van der Waals surface area (Å²) < 4.78 is 28.7. The summed E-state index contributed by atoms with van der Waals surface area (Å²) in [6.45, 7) is 1.08. The van der Waals surface area contributed by atoms with E-state index in [2.05, 4.69) is 15.0 Å². The summed E-state index contributed by atoms with van der Waals surface area (Å²) >= 11 is 0. The third-order valence-corrected chi connectivity index (χ3v) is 4.95. The van der Waals surface area contributed by atoms with Gasteiger partial charge in [0, 0.05) is 49.9 Å². The Bertz CT molecular complexity index is 999. The van der Waals surface area contributed by atoms with E-state index in [9.17, 15) is 13.6 Å². The lowest BCUT2D eigenvalue weighted by molar-refractivity contribution is 0.0786. The minimum atomic E-state index is -0.748. The molecule has 0 bridgehead atoms. The van der Waals surface area contributed by atoms with Gasteiger partial charge in [-0.05, 0) is 37.0 Å². The van der Waals surface area contributed by atoms with Crippen molar-refractivity contribution in [3.63, 3.8) is 0 Å². The van der Waals surface area contributed by atoms with Gasteiger partial charge in [-0.1, -0.05) is 0 Å². The first-order valence-corrected chi connectivity index (χ1v) is 9.03. The maximum absolute atomic E-state index is 13.4. The van der Waals surface area contributed by atoms with Gasteiger partial charge >= 0.3 is 0 Å². The fourth-order valence-corrected chi connectivity index (χ4v) is 3.58. The summed E-state index contributed by atoms with van der Waals surface area (Å²) in [4.78, 5) is 27.1. The molecule has 144 valence electrons. The minimum absolute atomic E-state index is 0.0391. The number of aryl methyl sites for hydroxylation is 1. The fourth-order valence-electron chi connectivity index (χ4n) is 3.58. The van der Waals surface area contributed by atoms with Crippen LogP contribution >= 0.6 is 0 Å². The first-order valence-electron chi connectivity index (χ1n) is 9.03. The standard InChI is InChI=1S/C20H19F2N5O/c1-26-5-3-23-19(26)18-10-17(24-12-25-18)6-13-2-4-27(11-13)20(28)14-7-15(21)9-16(22)8-14/h3,5,7-10,12-13H,2,4,6,11H2,1H3. The molecule has 1 unspecified atom stereocenters. The second-order valence-corrected chi connectivity index (χ2v) is 7.02. The van der Waals surface area contributed by atoms with E-state index in [1.54, 1.807) is 11.1 Å². The molecule has 6 nitrogen and oxygen atoms in total. The largest absolute Gasteiger partial charge is 0.338 e. The van der Waals surface area contributed by atoms with Gasteiger partial charge in [0.05, 0.1) is 0 Å². The van der Waals surface area contributed by atoms with E-state index >= 15 is 0 Å². The first kappa shape index (κ1) is 18.2. The molecule has 1 aliphatic rings. The van der Waals surface area contributed by atoms with E-state index in [0.717, 1.165) is 41.8 Å². The van der Waals surface area contributed by atoms with Crippen LogP contribution in [0.25, 0.3) is 11.5 Å². The average molecular weight is 383 g/mol. The van der Waals surface area contributed by atoms with Crippen LogP contribution in [0.3, 0.4) is 0 Å². The Morgan fingerprint density at radius 3 is 2.64 bits per heavy atom. The molecule has 3 aromatic rings. The van der Waals surface area contributed by atoms with Crippen LogP contribution in [0.1, 0.15) is 22.5 Å². The number of likely N-dealkylation sites (tertiary alicyclic amines) is 1. The molecule has 1 fully saturated rings. The number of hydrogen-bond donors (Lipinski definition) is 0. The molecule has 3 heterocycles. The number of amides is 1. The first-order chi connectivity index (χ1) is 13.5. The Morgan fingerprint density at radius 2 is 1.93 bits per heavy atom. The van der Waals surface area contributed by atoms with Gasteiger partial charge in [-0.25, -0.2) is 23.7 Å². The van der Waals surface area contributed by atoms with Crippen molar-refractivity contribution in [2.24, 2.45) is 13.0 Å². The number of carbonyl (C=O) groups is 1. The molecule has 0 spiro atoms. The van der Waals surface area contributed by atoms with E-state index in [0.29, 0.717) is 19.5 Å². The summed E-state index contributed by atoms with van der Waals surface area (Å²) in [6, 6.07) is 4.82. The van der Waals surface area contributed by atoms with Gasteiger partial charge in [-0.15, -0.1) is 0 Å². The molecule has 0 radical (unpaired) electrons. The van der Waals surface area contributed by atoms with Crippen molar-refractivity contribution in [2.45, 2.75) is 12.8 Å². The number of hydrogen-bond acceptors (Lipinski definition) is 4. The lowest BCUT2D eigenvalue weighted by atomic mass is 10.0. The Balaban J connectivity index is 1.44. The molecule has 4 rings (SSSR count). The van der Waals surface area contributed by atoms with Crippen molar-refractivity contribution < 1.29 is 13.6 Å². The SMILES string of the molecule is Cn1ccnc1-c1cc(CC2CCN(C(=O)c3cc(F)cc(F)c3)C2)ncn1. The molecule has 28 heavy (non-hydrogen) atoms. The summed E-state index contributed by atoms with van der Waals surface area (Å²) in [5.41, 5.74) is 1.67. The van der Waals surface area contributed by atoms with Crippen LogP contribution in [0.4, 0.5) is 8.78 Å². The van der Waals surface area contributed by atoms with Gasteiger partial charge in [0.1, 0.15) is 23.7 Å². The van der Waals surface area contributed by atoms with E-state index in [4.69, 9.17) is 0 Å². The molecular weight excluding hydrogens is 364 g/mol. The highest BCUT2D eigenvalue weighted by molar-refractivity contribution is 5.94. The van der Waals surface area contributed by atoms with Crippen LogP contribution in [0.15, 0.2) is 43.0 Å². The number of carbonyl (C=O) groups excluding carboxylic acids is 1. The quantitative estimate of drug-likeness (QED) is 0.695. The number of rotatable bonds is 4. The highest BCUT2D eigenvalue weighted by Gasteiger charge is 2.28. The van der Waals surface area contributed by atoms with Gasteiger partial charge < -0.3 is 9.47 Å². The smallest absolute Gasteiger partial charge is 0.254 e. The number of halogens is 2. The molecule has 0 saturated carbocycles. The van der Waals surface area contributed by atoms with Crippen molar-refractivity contribution in [3.8, 4) is 11.5 Å². The Kier molecular flexibility index (Phi) is 4.85. The Labute approximate surface area is 160 Å². The highest BCUT2D eigenvalue weighted by Crippen LogP contribution is 2.23. The van der Waals surface area contributed by atoms with Gasteiger partial charge in [-0.3, -0.25) is 4.79 Å². The van der Waals surface area contributed by atoms with Crippen molar-refractivity contribution in [3.05, 3.63) is 65.9 Å². The molecule has 1 aromatic carbocycles. The second-order valence-electron chi connectivity index (χ2n) is 7.02. The topological polar surface area (TPSA) is 63.9 Å². The van der Waals surface area contributed by atoms with Crippen molar-refractivity contribution in [1.82, 2.24) is 24.4 Å². The number of nitrogens with zero attached hydrogens (tertiary/aromatic N) is 5. The summed E-state index contributed by atoms with van der Waals surface area (Å²) in [5.74, 6) is -0.854. The second kappa shape index (κ2) is 7.46. The molecule has 1 amide bonds. The van der Waals surface area contributed by atoms with Crippen molar-refractivity contribution >= 4 is 5.91 Å². The Morgan fingerprint density at radius 1 is 1.14 bits per heavy atom. The van der Waals surface area contributed by atoms with E-state index < -0.39 is 11.6 Å². The number of benzene rings is 1. The average Bonchev–Trinajstić information content (AvgIpc) is 3.29. The molecule has 0 aliphatic carbocycles. The van der Waals surface area contributed by atoms with Crippen LogP contribution in [0, 0.1) is 17.6 Å². The zero-order valence-corrected chi connectivity index (χ0v) is 15.3. The molecule has 0 N–H and O–H groups in total. The summed E-state index contributed by atoms with van der Waals surface area (Å²) in [6.07, 6.45) is 6.60. The lowest BCUT2D eigenvalue weighted by Gasteiger charge is -2.17. The van der Waals surface area contributed by atoms with Gasteiger partial charge in [0.25, 0.3) is 5.91 Å². The normalized spacial score (nSPS) is 16.5.